The fourth-order valence-corrected chi connectivity index (χ4v) is 0.689. The number of aryl methyl sites for hydroxylation is 1. The minimum absolute atomic E-state index is 0.734. The molecule has 0 aliphatic heterocycles. The lowest BCUT2D eigenvalue weighted by atomic mass is 10.2. The van der Waals surface area contributed by atoms with E-state index < -0.39 is 0 Å². The van der Waals surface area contributed by atoms with Crippen molar-refractivity contribution in [3.05, 3.63) is 29.8 Å². The maximum absolute atomic E-state index is 4.95. The normalized spacial score (nSPS) is 9.11. The summed E-state index contributed by atoms with van der Waals surface area (Å²) in [6.45, 7) is 1.95. The summed E-state index contributed by atoms with van der Waals surface area (Å²) in [5, 5.41) is 0. The molecule has 0 unspecified atom stereocenters. The van der Waals surface area contributed by atoms with Crippen LogP contribution in [-0.2, 0) is 0 Å². The summed E-state index contributed by atoms with van der Waals surface area (Å²) in [7, 11) is 0. The average Bonchev–Trinajstić information content (AvgIpc) is 1.89. The summed E-state index contributed by atoms with van der Waals surface area (Å²) in [5.41, 5.74) is 1.06. The molecule has 2 heteroatoms. The van der Waals surface area contributed by atoms with Crippen LogP contribution in [0.15, 0.2) is 24.3 Å². The van der Waals surface area contributed by atoms with Crippen LogP contribution < -0.4 is 10.7 Å². The topological polar surface area (TPSA) is 35.2 Å². The Kier molecular flexibility index (Phi) is 1.70. The molecule has 0 atom stereocenters. The smallest absolute Gasteiger partial charge is 0.149 e. The molecular formula is C7H9NO. The monoisotopic (exact) mass is 123 g/mol. The number of hydrogen-bond acceptors (Lipinski definition) is 2. The summed E-state index contributed by atoms with van der Waals surface area (Å²) in [5.74, 6) is 5.68. The maximum atomic E-state index is 4.95. The standard InChI is InChI=1S/C7H9NO/c1-6-4-2-3-5-7(6)9-8/h2-5H,8H2,1H3. The van der Waals surface area contributed by atoms with Crippen molar-refractivity contribution in [2.45, 2.75) is 6.92 Å². The first-order valence-corrected chi connectivity index (χ1v) is 2.77. The molecule has 0 aliphatic carbocycles. The molecule has 1 rings (SSSR count). The second kappa shape index (κ2) is 2.51. The second-order valence-electron chi connectivity index (χ2n) is 1.88. The molecule has 0 saturated heterocycles. The lowest BCUT2D eigenvalue weighted by molar-refractivity contribution is 0.332. The third-order valence-electron chi connectivity index (χ3n) is 1.22. The minimum atomic E-state index is 0.734. The number of benzene rings is 1. The summed E-state index contributed by atoms with van der Waals surface area (Å²) in [6.07, 6.45) is 0. The lowest BCUT2D eigenvalue weighted by Crippen LogP contribution is -2.02. The SMILES string of the molecule is Cc1ccccc1ON. The van der Waals surface area contributed by atoms with Crippen molar-refractivity contribution in [2.75, 3.05) is 0 Å². The van der Waals surface area contributed by atoms with Gasteiger partial charge in [-0.05, 0) is 18.6 Å². The molecule has 48 valence electrons. The van der Waals surface area contributed by atoms with E-state index in [0.717, 1.165) is 11.3 Å². The van der Waals surface area contributed by atoms with E-state index in [1.54, 1.807) is 0 Å². The van der Waals surface area contributed by atoms with E-state index in [1.807, 2.05) is 31.2 Å². The van der Waals surface area contributed by atoms with Gasteiger partial charge >= 0.3 is 0 Å². The van der Waals surface area contributed by atoms with E-state index >= 15 is 0 Å². The fraction of sp³-hybridized carbons (Fsp3) is 0.143. The highest BCUT2D eigenvalue weighted by Crippen LogP contribution is 2.13. The van der Waals surface area contributed by atoms with Crippen LogP contribution in [0.5, 0.6) is 5.75 Å². The van der Waals surface area contributed by atoms with Crippen molar-refractivity contribution in [3.8, 4) is 5.75 Å². The molecule has 1 aromatic carbocycles. The van der Waals surface area contributed by atoms with Gasteiger partial charge in [-0.1, -0.05) is 18.2 Å². The molecule has 0 fully saturated rings. The Balaban J connectivity index is 3.01. The van der Waals surface area contributed by atoms with Crippen molar-refractivity contribution in [1.82, 2.24) is 0 Å². The van der Waals surface area contributed by atoms with Gasteiger partial charge in [-0.3, -0.25) is 0 Å². The third-order valence-corrected chi connectivity index (χ3v) is 1.22. The summed E-state index contributed by atoms with van der Waals surface area (Å²) >= 11 is 0. The fourth-order valence-electron chi connectivity index (χ4n) is 0.689. The number of hydrogen-bond donors (Lipinski definition) is 1. The molecule has 0 heterocycles. The van der Waals surface area contributed by atoms with Gasteiger partial charge in [0.25, 0.3) is 0 Å². The van der Waals surface area contributed by atoms with Gasteiger partial charge in [0.2, 0.25) is 0 Å². The molecule has 0 bridgehead atoms. The molecule has 0 spiro atoms. The van der Waals surface area contributed by atoms with Crippen molar-refractivity contribution in [2.24, 2.45) is 5.90 Å². The van der Waals surface area contributed by atoms with Crippen LogP contribution >= 0.6 is 0 Å². The van der Waals surface area contributed by atoms with Crippen LogP contribution in [0.25, 0.3) is 0 Å². The van der Waals surface area contributed by atoms with Gasteiger partial charge in [0, 0.05) is 0 Å². The van der Waals surface area contributed by atoms with Crippen LogP contribution in [0.4, 0.5) is 0 Å². The third kappa shape index (κ3) is 1.21. The minimum Gasteiger partial charge on any atom is -0.411 e. The molecule has 2 N–H and O–H groups in total. The zero-order valence-electron chi connectivity index (χ0n) is 5.29. The molecule has 0 aromatic heterocycles. The predicted molar refractivity (Wildman–Crippen MR) is 36.0 cm³/mol. The van der Waals surface area contributed by atoms with Gasteiger partial charge in [-0.2, -0.15) is 5.90 Å². The summed E-state index contributed by atoms with van der Waals surface area (Å²) in [4.78, 5) is 4.54. The molecule has 0 aliphatic rings. The molecule has 0 saturated carbocycles. The average molecular weight is 123 g/mol. The summed E-state index contributed by atoms with van der Waals surface area (Å²) < 4.78 is 0. The van der Waals surface area contributed by atoms with Crippen molar-refractivity contribution >= 4 is 0 Å². The maximum Gasteiger partial charge on any atom is 0.149 e. The molecular weight excluding hydrogens is 114 g/mol. The first kappa shape index (κ1) is 6.11. The van der Waals surface area contributed by atoms with Gasteiger partial charge in [-0.15, -0.1) is 0 Å². The molecule has 0 amide bonds. The highest BCUT2D eigenvalue weighted by Gasteiger charge is 1.91. The van der Waals surface area contributed by atoms with Gasteiger partial charge in [-0.25, -0.2) is 0 Å². The van der Waals surface area contributed by atoms with Gasteiger partial charge in [0.05, 0.1) is 0 Å². The Labute approximate surface area is 54.2 Å². The van der Waals surface area contributed by atoms with Gasteiger partial charge < -0.3 is 4.84 Å². The number of nitrogens with two attached hydrogens (primary N) is 1. The Morgan fingerprint density at radius 3 is 2.44 bits per heavy atom. The van der Waals surface area contributed by atoms with Gasteiger partial charge in [0.1, 0.15) is 5.75 Å². The molecule has 0 radical (unpaired) electrons. The van der Waals surface area contributed by atoms with Crippen LogP contribution in [0.3, 0.4) is 0 Å². The van der Waals surface area contributed by atoms with Crippen LogP contribution in [0.2, 0.25) is 0 Å². The van der Waals surface area contributed by atoms with E-state index in [9.17, 15) is 0 Å². The zero-order chi connectivity index (χ0) is 6.69. The molecule has 9 heavy (non-hydrogen) atoms. The Hall–Kier alpha value is -1.02. The van der Waals surface area contributed by atoms with Gasteiger partial charge in [0.15, 0.2) is 0 Å². The van der Waals surface area contributed by atoms with E-state index in [1.165, 1.54) is 0 Å². The van der Waals surface area contributed by atoms with E-state index in [0.29, 0.717) is 0 Å². The van der Waals surface area contributed by atoms with E-state index in [4.69, 9.17) is 5.90 Å². The zero-order valence-corrected chi connectivity index (χ0v) is 5.29. The number of rotatable bonds is 1. The Bertz CT molecular complexity index is 198. The second-order valence-corrected chi connectivity index (χ2v) is 1.88. The van der Waals surface area contributed by atoms with E-state index in [2.05, 4.69) is 4.84 Å². The molecule has 1 aromatic rings. The molecule has 2 nitrogen and oxygen atoms in total. The predicted octanol–water partition coefficient (Wildman–Crippen LogP) is 1.25. The first-order chi connectivity index (χ1) is 4.34. The highest BCUT2D eigenvalue weighted by atomic mass is 16.6. The van der Waals surface area contributed by atoms with Crippen LogP contribution in [0, 0.1) is 6.92 Å². The van der Waals surface area contributed by atoms with E-state index in [-0.39, 0.29) is 0 Å². The van der Waals surface area contributed by atoms with Crippen LogP contribution in [0.1, 0.15) is 5.56 Å². The quantitative estimate of drug-likeness (QED) is 0.570. The number of para-hydroxylation sites is 1. The van der Waals surface area contributed by atoms with Crippen LogP contribution in [-0.4, -0.2) is 0 Å². The largest absolute Gasteiger partial charge is 0.411 e. The highest BCUT2D eigenvalue weighted by molar-refractivity contribution is 5.31. The van der Waals surface area contributed by atoms with Crippen molar-refractivity contribution in [3.63, 3.8) is 0 Å². The Morgan fingerprint density at radius 2 is 2.00 bits per heavy atom. The lowest BCUT2D eigenvalue weighted by Gasteiger charge is -1.99. The summed E-state index contributed by atoms with van der Waals surface area (Å²) in [6, 6.07) is 7.60. The Morgan fingerprint density at radius 1 is 1.33 bits per heavy atom. The first-order valence-electron chi connectivity index (χ1n) is 2.77. The van der Waals surface area contributed by atoms with Crippen molar-refractivity contribution in [1.29, 1.82) is 0 Å². The van der Waals surface area contributed by atoms with Crippen molar-refractivity contribution < 1.29 is 4.84 Å².